The quantitative estimate of drug-likeness (QED) is 0.924. The van der Waals surface area contributed by atoms with Crippen molar-refractivity contribution in [2.24, 2.45) is 0 Å². The Morgan fingerprint density at radius 3 is 3.19 bits per heavy atom. The van der Waals surface area contributed by atoms with Crippen LogP contribution in [0.25, 0.3) is 0 Å². The second-order valence-electron chi connectivity index (χ2n) is 4.01. The third-order valence-corrected chi connectivity index (χ3v) is 3.31. The van der Waals surface area contributed by atoms with Crippen LogP contribution in [0.4, 0.5) is 10.2 Å². The molecule has 5 heteroatoms. The first-order chi connectivity index (χ1) is 7.72. The van der Waals surface area contributed by atoms with Crippen LogP contribution in [-0.2, 0) is 0 Å². The fourth-order valence-corrected chi connectivity index (χ4v) is 2.48. The summed E-state index contributed by atoms with van der Waals surface area (Å²) in [5.74, 6) is 0.221. The molecule has 1 aliphatic rings. The van der Waals surface area contributed by atoms with E-state index in [4.69, 9.17) is 0 Å². The third-order valence-electron chi connectivity index (χ3n) is 2.88. The van der Waals surface area contributed by atoms with Gasteiger partial charge in [-0.25, -0.2) is 9.37 Å². The molecule has 0 amide bonds. The molecule has 0 bridgehead atoms. The maximum atomic E-state index is 13.8. The Morgan fingerprint density at radius 2 is 2.50 bits per heavy atom. The molecule has 0 saturated carbocycles. The van der Waals surface area contributed by atoms with Crippen molar-refractivity contribution in [2.45, 2.75) is 18.9 Å². The number of nitrogens with zero attached hydrogens (tertiary/aromatic N) is 2. The van der Waals surface area contributed by atoms with Crippen molar-refractivity contribution in [1.82, 2.24) is 10.3 Å². The summed E-state index contributed by atoms with van der Waals surface area (Å²) in [6.07, 6.45) is 3.84. The molecule has 2 rings (SSSR count). The Hall–Kier alpha value is -0.680. The normalized spacial score (nSPS) is 20.4. The smallest absolute Gasteiger partial charge is 0.166 e. The maximum absolute atomic E-state index is 13.8. The van der Waals surface area contributed by atoms with Gasteiger partial charge in [0.05, 0.1) is 0 Å². The van der Waals surface area contributed by atoms with Crippen LogP contribution in [0.5, 0.6) is 0 Å². The zero-order valence-electron chi connectivity index (χ0n) is 9.21. The van der Waals surface area contributed by atoms with E-state index in [1.54, 1.807) is 6.20 Å². The van der Waals surface area contributed by atoms with E-state index >= 15 is 0 Å². The van der Waals surface area contributed by atoms with Gasteiger partial charge in [0, 0.05) is 29.8 Å². The van der Waals surface area contributed by atoms with Crippen molar-refractivity contribution >= 4 is 21.7 Å². The van der Waals surface area contributed by atoms with Gasteiger partial charge in [-0.2, -0.15) is 0 Å². The van der Waals surface area contributed by atoms with E-state index in [0.717, 1.165) is 25.9 Å². The van der Waals surface area contributed by atoms with Gasteiger partial charge in [0.15, 0.2) is 11.6 Å². The molecular formula is C11H15BrFN3. The van der Waals surface area contributed by atoms with Crippen molar-refractivity contribution in [1.29, 1.82) is 0 Å². The molecule has 1 saturated heterocycles. The molecule has 1 unspecified atom stereocenters. The molecule has 0 radical (unpaired) electrons. The Balaban J connectivity index is 2.22. The number of halogens is 2. The minimum atomic E-state index is -0.252. The number of hydrogen-bond donors (Lipinski definition) is 1. The van der Waals surface area contributed by atoms with Gasteiger partial charge in [-0.05, 0) is 41.9 Å². The number of rotatable bonds is 3. The maximum Gasteiger partial charge on any atom is 0.166 e. The summed E-state index contributed by atoms with van der Waals surface area (Å²) in [5.41, 5.74) is 0. The Bertz CT molecular complexity index is 372. The number of anilines is 1. The molecule has 1 fully saturated rings. The zero-order chi connectivity index (χ0) is 11.5. The Morgan fingerprint density at radius 1 is 1.69 bits per heavy atom. The van der Waals surface area contributed by atoms with E-state index < -0.39 is 0 Å². The lowest BCUT2D eigenvalue weighted by Gasteiger charge is -2.25. The van der Waals surface area contributed by atoms with Crippen LogP contribution in [0.15, 0.2) is 16.7 Å². The Labute approximate surface area is 103 Å². The highest BCUT2D eigenvalue weighted by molar-refractivity contribution is 9.10. The van der Waals surface area contributed by atoms with E-state index in [-0.39, 0.29) is 5.82 Å². The van der Waals surface area contributed by atoms with E-state index in [9.17, 15) is 4.39 Å². The van der Waals surface area contributed by atoms with Crippen molar-refractivity contribution in [3.05, 3.63) is 22.6 Å². The molecule has 0 aromatic carbocycles. The van der Waals surface area contributed by atoms with Crippen LogP contribution in [0, 0.1) is 5.82 Å². The van der Waals surface area contributed by atoms with Gasteiger partial charge in [0.2, 0.25) is 0 Å². The third kappa shape index (κ3) is 2.35. The molecule has 1 atom stereocenters. The number of nitrogens with one attached hydrogen (secondary N) is 1. The molecule has 3 nitrogen and oxygen atoms in total. The first-order valence-corrected chi connectivity index (χ1v) is 6.24. The fraction of sp³-hybridized carbons (Fsp3) is 0.545. The van der Waals surface area contributed by atoms with E-state index in [0.29, 0.717) is 16.3 Å². The molecular weight excluding hydrogens is 273 g/mol. The van der Waals surface area contributed by atoms with Gasteiger partial charge >= 0.3 is 0 Å². The molecule has 1 N–H and O–H groups in total. The summed E-state index contributed by atoms with van der Waals surface area (Å²) in [5, 5.41) is 3.14. The van der Waals surface area contributed by atoms with Gasteiger partial charge in [0.25, 0.3) is 0 Å². The molecule has 1 aromatic rings. The molecule has 88 valence electrons. The molecule has 1 aliphatic heterocycles. The van der Waals surface area contributed by atoms with Gasteiger partial charge < -0.3 is 10.2 Å². The van der Waals surface area contributed by atoms with E-state index in [2.05, 4.69) is 31.1 Å². The number of pyridine rings is 1. The number of likely N-dealkylation sites (N-methyl/N-ethyl adjacent to an activating group) is 1. The molecule has 0 aliphatic carbocycles. The SMILES string of the molecule is CNCC1CCCN1c1ncc(Br)cc1F. The second-order valence-corrected chi connectivity index (χ2v) is 4.92. The van der Waals surface area contributed by atoms with Crippen molar-refractivity contribution in [2.75, 3.05) is 25.0 Å². The highest BCUT2D eigenvalue weighted by atomic mass is 79.9. The summed E-state index contributed by atoms with van der Waals surface area (Å²) >= 11 is 3.22. The minimum Gasteiger partial charge on any atom is -0.350 e. The molecule has 2 heterocycles. The lowest BCUT2D eigenvalue weighted by Crippen LogP contribution is -2.37. The van der Waals surface area contributed by atoms with Crippen LogP contribution < -0.4 is 10.2 Å². The summed E-state index contributed by atoms with van der Waals surface area (Å²) in [6.45, 7) is 1.76. The Kier molecular flexibility index (Phi) is 3.76. The largest absolute Gasteiger partial charge is 0.350 e. The topological polar surface area (TPSA) is 28.2 Å². The van der Waals surface area contributed by atoms with Crippen LogP contribution >= 0.6 is 15.9 Å². The van der Waals surface area contributed by atoms with Crippen LogP contribution in [0.2, 0.25) is 0 Å². The van der Waals surface area contributed by atoms with Crippen molar-refractivity contribution in [3.8, 4) is 0 Å². The molecule has 16 heavy (non-hydrogen) atoms. The lowest BCUT2D eigenvalue weighted by molar-refractivity contribution is 0.577. The van der Waals surface area contributed by atoms with Gasteiger partial charge in [0.1, 0.15) is 0 Å². The van der Waals surface area contributed by atoms with Crippen molar-refractivity contribution < 1.29 is 4.39 Å². The first kappa shape index (κ1) is 11.8. The summed E-state index contributed by atoms with van der Waals surface area (Å²) in [7, 11) is 1.92. The second kappa shape index (κ2) is 5.10. The van der Waals surface area contributed by atoms with E-state index in [1.807, 2.05) is 7.05 Å². The van der Waals surface area contributed by atoms with Gasteiger partial charge in [-0.15, -0.1) is 0 Å². The average molecular weight is 288 g/mol. The fourth-order valence-electron chi connectivity index (χ4n) is 2.18. The lowest BCUT2D eigenvalue weighted by atomic mass is 10.2. The summed E-state index contributed by atoms with van der Waals surface area (Å²) in [6, 6.07) is 1.82. The highest BCUT2D eigenvalue weighted by Gasteiger charge is 2.26. The highest BCUT2D eigenvalue weighted by Crippen LogP contribution is 2.27. The molecule has 0 spiro atoms. The summed E-state index contributed by atoms with van der Waals surface area (Å²) < 4.78 is 14.4. The van der Waals surface area contributed by atoms with Crippen LogP contribution in [0.3, 0.4) is 0 Å². The first-order valence-electron chi connectivity index (χ1n) is 5.44. The van der Waals surface area contributed by atoms with Gasteiger partial charge in [-0.1, -0.05) is 0 Å². The monoisotopic (exact) mass is 287 g/mol. The zero-order valence-corrected chi connectivity index (χ0v) is 10.8. The average Bonchev–Trinajstić information content (AvgIpc) is 2.67. The summed E-state index contributed by atoms with van der Waals surface area (Å²) in [4.78, 5) is 6.22. The predicted octanol–water partition coefficient (Wildman–Crippen LogP) is 2.17. The van der Waals surface area contributed by atoms with Crippen LogP contribution in [0.1, 0.15) is 12.8 Å². The van der Waals surface area contributed by atoms with Gasteiger partial charge in [-0.3, -0.25) is 0 Å². The minimum absolute atomic E-state index is 0.252. The van der Waals surface area contributed by atoms with Crippen LogP contribution in [-0.4, -0.2) is 31.2 Å². The van der Waals surface area contributed by atoms with Crippen molar-refractivity contribution in [3.63, 3.8) is 0 Å². The number of hydrogen-bond acceptors (Lipinski definition) is 3. The predicted molar refractivity (Wildman–Crippen MR) is 66.2 cm³/mol. The standard InChI is InChI=1S/C11H15BrFN3/c1-14-7-9-3-2-4-16(9)11-10(13)5-8(12)6-15-11/h5-6,9,14H,2-4,7H2,1H3. The molecule has 1 aromatic heterocycles. The number of aromatic nitrogens is 1. The van der Waals surface area contributed by atoms with E-state index in [1.165, 1.54) is 6.07 Å².